The van der Waals surface area contributed by atoms with E-state index in [1.54, 1.807) is 0 Å². The summed E-state index contributed by atoms with van der Waals surface area (Å²) in [6, 6.07) is 5.94. The molecule has 1 heterocycles. The zero-order valence-electron chi connectivity index (χ0n) is 9.03. The zero-order valence-corrected chi connectivity index (χ0v) is 9.78. The summed E-state index contributed by atoms with van der Waals surface area (Å²) in [5.41, 5.74) is 3.75. The van der Waals surface area contributed by atoms with Crippen LogP contribution in [0.2, 0.25) is 5.15 Å². The van der Waals surface area contributed by atoms with Gasteiger partial charge in [0.25, 0.3) is 0 Å². The maximum absolute atomic E-state index is 8.51. The third-order valence-electron chi connectivity index (χ3n) is 2.46. The summed E-state index contributed by atoms with van der Waals surface area (Å²) in [6.45, 7) is 4.04. The van der Waals surface area contributed by atoms with E-state index < -0.39 is 0 Å². The van der Waals surface area contributed by atoms with E-state index in [-0.39, 0.29) is 0 Å². The molecule has 3 nitrogen and oxygen atoms in total. The van der Waals surface area contributed by atoms with Gasteiger partial charge in [0.1, 0.15) is 5.15 Å². The largest absolute Gasteiger partial charge is 0.411 e. The number of nitrogens with zero attached hydrogens (tertiary/aromatic N) is 2. The van der Waals surface area contributed by atoms with Crippen LogP contribution in [0.25, 0.3) is 10.9 Å². The highest BCUT2D eigenvalue weighted by Gasteiger charge is 2.05. The van der Waals surface area contributed by atoms with Gasteiger partial charge in [0.05, 0.1) is 11.7 Å². The molecule has 1 aromatic carbocycles. The average molecular weight is 235 g/mol. The monoisotopic (exact) mass is 234 g/mol. The summed E-state index contributed by atoms with van der Waals surface area (Å²) >= 11 is 5.97. The minimum Gasteiger partial charge on any atom is -0.411 e. The molecule has 2 rings (SSSR count). The van der Waals surface area contributed by atoms with Crippen molar-refractivity contribution >= 4 is 28.7 Å². The van der Waals surface area contributed by atoms with Crippen LogP contribution >= 0.6 is 11.6 Å². The average Bonchev–Trinajstić information content (AvgIpc) is 2.20. The lowest BCUT2D eigenvalue weighted by Crippen LogP contribution is -1.91. The number of halogens is 1. The number of aryl methyl sites for hydroxylation is 2. The summed E-state index contributed by atoms with van der Waals surface area (Å²) in [4.78, 5) is 4.28. The maximum Gasteiger partial charge on any atom is 0.138 e. The summed E-state index contributed by atoms with van der Waals surface area (Å²) in [5, 5.41) is 12.8. The van der Waals surface area contributed by atoms with E-state index in [2.05, 4.69) is 16.2 Å². The summed E-state index contributed by atoms with van der Waals surface area (Å²) in [5.74, 6) is 0. The minimum absolute atomic E-state index is 0.343. The first-order valence-corrected chi connectivity index (χ1v) is 5.24. The predicted octanol–water partition coefficient (Wildman–Crippen LogP) is 3.31. The molecule has 0 aliphatic carbocycles. The summed E-state index contributed by atoms with van der Waals surface area (Å²) < 4.78 is 0. The molecule has 82 valence electrons. The van der Waals surface area contributed by atoms with Gasteiger partial charge in [-0.25, -0.2) is 4.98 Å². The van der Waals surface area contributed by atoms with Crippen molar-refractivity contribution in [3.05, 3.63) is 40.0 Å². The molecule has 0 amide bonds. The smallest absolute Gasteiger partial charge is 0.138 e. The summed E-state index contributed by atoms with van der Waals surface area (Å²) in [7, 11) is 0. The van der Waals surface area contributed by atoms with Crippen molar-refractivity contribution < 1.29 is 5.21 Å². The Hall–Kier alpha value is -1.61. The normalized spacial score (nSPS) is 11.4. The van der Waals surface area contributed by atoms with Gasteiger partial charge in [-0.1, -0.05) is 22.8 Å². The Kier molecular flexibility index (Phi) is 2.79. The van der Waals surface area contributed by atoms with E-state index in [0.29, 0.717) is 10.7 Å². The second kappa shape index (κ2) is 4.10. The van der Waals surface area contributed by atoms with Crippen molar-refractivity contribution in [2.24, 2.45) is 5.16 Å². The van der Waals surface area contributed by atoms with Crippen LogP contribution in [0.1, 0.15) is 16.7 Å². The Bertz CT molecular complexity index is 579. The zero-order chi connectivity index (χ0) is 11.7. The molecule has 2 aromatic rings. The first-order valence-electron chi connectivity index (χ1n) is 4.87. The first kappa shape index (κ1) is 10.9. The van der Waals surface area contributed by atoms with Gasteiger partial charge >= 0.3 is 0 Å². The van der Waals surface area contributed by atoms with Crippen LogP contribution in [0.5, 0.6) is 0 Å². The molecule has 0 aliphatic heterocycles. The number of rotatable bonds is 1. The minimum atomic E-state index is 0.343. The van der Waals surface area contributed by atoms with Crippen molar-refractivity contribution in [1.82, 2.24) is 4.98 Å². The quantitative estimate of drug-likeness (QED) is 0.356. The van der Waals surface area contributed by atoms with E-state index in [0.717, 1.165) is 22.0 Å². The standard InChI is InChI=1S/C12H11ClN2O/c1-7-3-8(2)10-5-9(6-14-16)12(13)15-11(10)4-7/h3-6,16H,1-2H3/b14-6+. The van der Waals surface area contributed by atoms with Gasteiger partial charge in [-0.3, -0.25) is 0 Å². The molecule has 0 saturated heterocycles. The topological polar surface area (TPSA) is 45.5 Å². The van der Waals surface area contributed by atoms with Crippen LogP contribution < -0.4 is 0 Å². The molecule has 0 atom stereocenters. The van der Waals surface area contributed by atoms with Crippen LogP contribution in [-0.2, 0) is 0 Å². The first-order chi connectivity index (χ1) is 7.61. The second-order valence-electron chi connectivity index (χ2n) is 3.76. The van der Waals surface area contributed by atoms with Gasteiger partial charge in [-0.15, -0.1) is 0 Å². The fraction of sp³-hybridized carbons (Fsp3) is 0.167. The number of hydrogen-bond acceptors (Lipinski definition) is 3. The van der Waals surface area contributed by atoms with Gasteiger partial charge in [0.2, 0.25) is 0 Å². The van der Waals surface area contributed by atoms with Gasteiger partial charge < -0.3 is 5.21 Å². The number of hydrogen-bond donors (Lipinski definition) is 1. The van der Waals surface area contributed by atoms with Gasteiger partial charge in [-0.05, 0) is 37.1 Å². The molecule has 1 aromatic heterocycles. The Morgan fingerprint density at radius 1 is 1.31 bits per heavy atom. The molecule has 0 spiro atoms. The highest BCUT2D eigenvalue weighted by Crippen LogP contribution is 2.23. The van der Waals surface area contributed by atoms with Crippen molar-refractivity contribution in [1.29, 1.82) is 0 Å². The lowest BCUT2D eigenvalue weighted by atomic mass is 10.0. The predicted molar refractivity (Wildman–Crippen MR) is 65.6 cm³/mol. The lowest BCUT2D eigenvalue weighted by Gasteiger charge is -2.06. The van der Waals surface area contributed by atoms with Crippen LogP contribution in [0.4, 0.5) is 0 Å². The fourth-order valence-electron chi connectivity index (χ4n) is 1.77. The molecule has 4 heteroatoms. The van der Waals surface area contributed by atoms with Gasteiger partial charge in [-0.2, -0.15) is 0 Å². The Balaban J connectivity index is 2.79. The van der Waals surface area contributed by atoms with Crippen LogP contribution in [0.15, 0.2) is 23.4 Å². The number of oxime groups is 1. The molecular weight excluding hydrogens is 224 g/mol. The number of benzene rings is 1. The van der Waals surface area contributed by atoms with Crippen molar-refractivity contribution in [3.8, 4) is 0 Å². The van der Waals surface area contributed by atoms with Crippen LogP contribution in [0, 0.1) is 13.8 Å². The van der Waals surface area contributed by atoms with E-state index >= 15 is 0 Å². The maximum atomic E-state index is 8.51. The highest BCUT2D eigenvalue weighted by atomic mass is 35.5. The molecule has 0 radical (unpaired) electrons. The number of pyridine rings is 1. The molecule has 0 fully saturated rings. The Morgan fingerprint density at radius 2 is 2.06 bits per heavy atom. The molecule has 0 unspecified atom stereocenters. The molecule has 1 N–H and O–H groups in total. The molecular formula is C12H11ClN2O. The lowest BCUT2D eigenvalue weighted by molar-refractivity contribution is 0.322. The van der Waals surface area contributed by atoms with Crippen LogP contribution in [0.3, 0.4) is 0 Å². The van der Waals surface area contributed by atoms with E-state index in [9.17, 15) is 0 Å². The molecule has 0 aliphatic rings. The van der Waals surface area contributed by atoms with Crippen LogP contribution in [-0.4, -0.2) is 16.4 Å². The Labute approximate surface area is 98.4 Å². The fourth-order valence-corrected chi connectivity index (χ4v) is 1.97. The summed E-state index contributed by atoms with van der Waals surface area (Å²) in [6.07, 6.45) is 1.29. The SMILES string of the molecule is Cc1cc(C)c2cc(/C=N/O)c(Cl)nc2c1. The van der Waals surface area contributed by atoms with Crippen molar-refractivity contribution in [2.75, 3.05) is 0 Å². The van der Waals surface area contributed by atoms with Gasteiger partial charge in [0.15, 0.2) is 0 Å². The third-order valence-corrected chi connectivity index (χ3v) is 2.77. The number of aromatic nitrogens is 1. The second-order valence-corrected chi connectivity index (χ2v) is 4.12. The van der Waals surface area contributed by atoms with E-state index in [4.69, 9.17) is 16.8 Å². The molecule has 0 bridgehead atoms. The Morgan fingerprint density at radius 3 is 2.75 bits per heavy atom. The molecule has 16 heavy (non-hydrogen) atoms. The third kappa shape index (κ3) is 1.86. The van der Waals surface area contributed by atoms with E-state index in [1.807, 2.05) is 26.0 Å². The van der Waals surface area contributed by atoms with Crippen molar-refractivity contribution in [3.63, 3.8) is 0 Å². The number of fused-ring (bicyclic) bond motifs is 1. The molecule has 0 saturated carbocycles. The van der Waals surface area contributed by atoms with Gasteiger partial charge in [0, 0.05) is 10.9 Å². The van der Waals surface area contributed by atoms with E-state index in [1.165, 1.54) is 6.21 Å². The highest BCUT2D eigenvalue weighted by molar-refractivity contribution is 6.32. The van der Waals surface area contributed by atoms with Crippen molar-refractivity contribution in [2.45, 2.75) is 13.8 Å².